The number of halogens is 1. The second kappa shape index (κ2) is 8.97. The Kier molecular flexibility index (Phi) is 6.27. The van der Waals surface area contributed by atoms with Crippen LogP contribution in [0.25, 0.3) is 6.08 Å². The normalized spacial score (nSPS) is 15.9. The third kappa shape index (κ3) is 4.13. The average molecular weight is 533 g/mol. The van der Waals surface area contributed by atoms with Crippen molar-refractivity contribution in [2.24, 2.45) is 4.99 Å². The summed E-state index contributed by atoms with van der Waals surface area (Å²) in [6, 6.07) is 8.28. The molecule has 0 bridgehead atoms. The van der Waals surface area contributed by atoms with Crippen molar-refractivity contribution in [1.29, 1.82) is 0 Å². The van der Waals surface area contributed by atoms with Crippen LogP contribution in [0.15, 0.2) is 61.2 Å². The van der Waals surface area contributed by atoms with Crippen molar-refractivity contribution in [3.63, 3.8) is 0 Å². The van der Waals surface area contributed by atoms with E-state index >= 15 is 0 Å². The highest BCUT2D eigenvalue weighted by molar-refractivity contribution is 9.10. The van der Waals surface area contributed by atoms with Gasteiger partial charge in [-0.3, -0.25) is 14.2 Å². The van der Waals surface area contributed by atoms with Crippen LogP contribution in [0, 0.1) is 0 Å². The Hall–Kier alpha value is -2.82. The highest BCUT2D eigenvalue weighted by Crippen LogP contribution is 2.33. The number of thiophene rings is 1. The Labute approximate surface area is 199 Å². The van der Waals surface area contributed by atoms with Crippen molar-refractivity contribution in [2.75, 3.05) is 7.11 Å². The minimum atomic E-state index is -0.628. The molecule has 0 unspecified atom stereocenters. The first-order valence-electron chi connectivity index (χ1n) is 9.42. The first kappa shape index (κ1) is 22.4. The highest BCUT2D eigenvalue weighted by atomic mass is 79.9. The molecule has 164 valence electrons. The quantitative estimate of drug-likeness (QED) is 0.380. The summed E-state index contributed by atoms with van der Waals surface area (Å²) < 4.78 is 13.0. The van der Waals surface area contributed by atoms with E-state index in [9.17, 15) is 14.4 Å². The van der Waals surface area contributed by atoms with Crippen LogP contribution in [-0.2, 0) is 14.3 Å². The first-order valence-corrected chi connectivity index (χ1v) is 11.9. The van der Waals surface area contributed by atoms with Crippen molar-refractivity contribution >= 4 is 56.6 Å². The molecule has 2 aromatic heterocycles. The second-order valence-electron chi connectivity index (χ2n) is 6.86. The van der Waals surface area contributed by atoms with Crippen LogP contribution in [0.3, 0.4) is 0 Å². The van der Waals surface area contributed by atoms with Gasteiger partial charge < -0.3 is 9.47 Å². The van der Waals surface area contributed by atoms with Crippen molar-refractivity contribution in [1.82, 2.24) is 4.57 Å². The number of rotatable bonds is 4. The molecule has 1 aliphatic rings. The molecule has 32 heavy (non-hydrogen) atoms. The van der Waals surface area contributed by atoms with E-state index in [0.29, 0.717) is 31.9 Å². The van der Waals surface area contributed by atoms with Crippen molar-refractivity contribution < 1.29 is 19.1 Å². The molecule has 10 heteroatoms. The number of carbonyl (C=O) groups excluding carboxylic acids is 2. The van der Waals surface area contributed by atoms with Gasteiger partial charge in [-0.05, 0) is 42.6 Å². The van der Waals surface area contributed by atoms with Gasteiger partial charge in [0.15, 0.2) is 4.80 Å². The summed E-state index contributed by atoms with van der Waals surface area (Å²) in [6.07, 6.45) is 1.66. The molecule has 0 spiro atoms. The van der Waals surface area contributed by atoms with Gasteiger partial charge in [0.1, 0.15) is 11.8 Å². The molecule has 1 aliphatic heterocycles. The van der Waals surface area contributed by atoms with Crippen molar-refractivity contribution in [3.8, 4) is 5.75 Å². The highest BCUT2D eigenvalue weighted by Gasteiger charge is 2.33. The maximum Gasteiger partial charge on any atom is 0.338 e. The molecule has 3 aromatic rings. The maximum absolute atomic E-state index is 13.5. The average Bonchev–Trinajstić information content (AvgIpc) is 3.37. The van der Waals surface area contributed by atoms with Crippen LogP contribution in [0.5, 0.6) is 5.75 Å². The lowest BCUT2D eigenvalue weighted by molar-refractivity contribution is -0.136. The lowest BCUT2D eigenvalue weighted by Crippen LogP contribution is -2.39. The number of allylic oxidation sites excluding steroid dienone is 1. The maximum atomic E-state index is 13.5. The predicted octanol–water partition coefficient (Wildman–Crippen LogP) is 3.16. The standard InChI is InChI=1S/C22H17BrN2O5S2/c1-11-18(21(28)29-3)19(16-5-4-8-31-16)25-20(27)17(32-22(25)24-11)10-13-9-14(23)6-7-15(13)30-12(2)26/h4-10,19H,1-3H3/b17-10+/t19-/m0/s1. The monoisotopic (exact) mass is 532 g/mol. The summed E-state index contributed by atoms with van der Waals surface area (Å²) in [6.45, 7) is 3.05. The Morgan fingerprint density at radius 3 is 2.72 bits per heavy atom. The third-order valence-corrected chi connectivity index (χ3v) is 7.15. The molecule has 0 aliphatic carbocycles. The lowest BCUT2D eigenvalue weighted by Gasteiger charge is -2.22. The van der Waals surface area contributed by atoms with Crippen LogP contribution in [0.4, 0.5) is 0 Å². The second-order valence-corrected chi connectivity index (χ2v) is 9.77. The SMILES string of the molecule is COC(=O)C1=C(C)N=c2s/c(=C/c3cc(Br)ccc3OC(C)=O)c(=O)n2[C@H]1c1cccs1. The van der Waals surface area contributed by atoms with Crippen LogP contribution in [0.1, 0.15) is 30.3 Å². The zero-order valence-corrected chi connectivity index (χ0v) is 20.5. The number of methoxy groups -OCH3 is 1. The van der Waals surface area contributed by atoms with E-state index in [2.05, 4.69) is 20.9 Å². The molecule has 7 nitrogen and oxygen atoms in total. The van der Waals surface area contributed by atoms with Crippen LogP contribution >= 0.6 is 38.6 Å². The minimum absolute atomic E-state index is 0.296. The van der Waals surface area contributed by atoms with Gasteiger partial charge in [0.25, 0.3) is 5.56 Å². The molecule has 4 rings (SSSR count). The number of aromatic nitrogens is 1. The first-order chi connectivity index (χ1) is 15.3. The number of thiazole rings is 1. The van der Waals surface area contributed by atoms with Crippen LogP contribution in [0.2, 0.25) is 0 Å². The van der Waals surface area contributed by atoms with Gasteiger partial charge in [-0.1, -0.05) is 33.3 Å². The summed E-state index contributed by atoms with van der Waals surface area (Å²) in [5.41, 5.74) is 1.11. The number of nitrogens with zero attached hydrogens (tertiary/aromatic N) is 2. The number of hydrogen-bond donors (Lipinski definition) is 0. The van der Waals surface area contributed by atoms with Crippen LogP contribution in [-0.4, -0.2) is 23.6 Å². The molecule has 1 aromatic carbocycles. The van der Waals surface area contributed by atoms with E-state index in [1.165, 1.54) is 41.3 Å². The van der Waals surface area contributed by atoms with Gasteiger partial charge in [0.2, 0.25) is 0 Å². The van der Waals surface area contributed by atoms with E-state index < -0.39 is 18.0 Å². The molecule has 3 heterocycles. The number of fused-ring (bicyclic) bond motifs is 1. The number of esters is 2. The lowest BCUT2D eigenvalue weighted by atomic mass is 10.0. The molecule has 0 N–H and O–H groups in total. The van der Waals surface area contributed by atoms with Gasteiger partial charge >= 0.3 is 11.9 Å². The van der Waals surface area contributed by atoms with E-state index in [0.717, 1.165) is 9.35 Å². The van der Waals surface area contributed by atoms with E-state index in [-0.39, 0.29) is 5.56 Å². The zero-order chi connectivity index (χ0) is 23.0. The Bertz CT molecular complexity index is 1430. The third-order valence-electron chi connectivity index (χ3n) is 4.75. The number of carbonyl (C=O) groups is 2. The minimum Gasteiger partial charge on any atom is -0.466 e. The molecule has 0 saturated carbocycles. The van der Waals surface area contributed by atoms with E-state index in [4.69, 9.17) is 9.47 Å². The fourth-order valence-corrected chi connectivity index (χ4v) is 5.67. The zero-order valence-electron chi connectivity index (χ0n) is 17.2. The smallest absolute Gasteiger partial charge is 0.338 e. The fourth-order valence-electron chi connectivity index (χ4n) is 3.43. The summed E-state index contributed by atoms with van der Waals surface area (Å²) in [4.78, 5) is 43.4. The van der Waals surface area contributed by atoms with Gasteiger partial charge in [0.05, 0.1) is 22.9 Å². The summed E-state index contributed by atoms with van der Waals surface area (Å²) >= 11 is 6.07. The molecule has 1 atom stereocenters. The molecule has 0 saturated heterocycles. The van der Waals surface area contributed by atoms with E-state index in [1.807, 2.05) is 17.5 Å². The summed E-state index contributed by atoms with van der Waals surface area (Å²) in [5.74, 6) is -0.643. The van der Waals surface area contributed by atoms with Gasteiger partial charge in [-0.2, -0.15) is 0 Å². The number of benzene rings is 1. The van der Waals surface area contributed by atoms with Gasteiger partial charge in [-0.15, -0.1) is 11.3 Å². The molecular weight excluding hydrogens is 516 g/mol. The summed E-state index contributed by atoms with van der Waals surface area (Å²) in [5, 5.41) is 1.89. The molecular formula is C22H17BrN2O5S2. The van der Waals surface area contributed by atoms with Crippen molar-refractivity contribution in [2.45, 2.75) is 19.9 Å². The predicted molar refractivity (Wildman–Crippen MR) is 126 cm³/mol. The van der Waals surface area contributed by atoms with Crippen LogP contribution < -0.4 is 19.6 Å². The van der Waals surface area contributed by atoms with E-state index in [1.54, 1.807) is 31.2 Å². The van der Waals surface area contributed by atoms with Crippen molar-refractivity contribution in [3.05, 3.63) is 81.6 Å². The molecule has 0 fully saturated rings. The fraction of sp³-hybridized carbons (Fsp3) is 0.182. The Balaban J connectivity index is 1.96. The van der Waals surface area contributed by atoms with Gasteiger partial charge in [-0.25, -0.2) is 9.79 Å². The Morgan fingerprint density at radius 2 is 2.06 bits per heavy atom. The summed E-state index contributed by atoms with van der Waals surface area (Å²) in [7, 11) is 1.31. The topological polar surface area (TPSA) is 87.0 Å². The Morgan fingerprint density at radius 1 is 1.28 bits per heavy atom. The number of hydrogen-bond acceptors (Lipinski definition) is 8. The molecule has 0 amide bonds. The number of ether oxygens (including phenoxy) is 2. The van der Waals surface area contributed by atoms with Gasteiger partial charge in [0, 0.05) is 21.8 Å². The molecule has 0 radical (unpaired) electrons. The largest absolute Gasteiger partial charge is 0.466 e.